The molecule has 0 saturated carbocycles. The molecule has 1 fully saturated rings. The lowest BCUT2D eigenvalue weighted by Gasteiger charge is -2.16. The second-order valence-corrected chi connectivity index (χ2v) is 7.37. The number of hydrogen-bond donors (Lipinski definition) is 1. The van der Waals surface area contributed by atoms with E-state index in [2.05, 4.69) is 5.10 Å². The minimum atomic E-state index is -0.837. The Bertz CT molecular complexity index is 844. The van der Waals surface area contributed by atoms with Gasteiger partial charge in [-0.05, 0) is 44.0 Å². The van der Waals surface area contributed by atoms with Gasteiger partial charge in [-0.3, -0.25) is 9.59 Å². The van der Waals surface area contributed by atoms with Crippen molar-refractivity contribution in [1.29, 1.82) is 0 Å². The van der Waals surface area contributed by atoms with Crippen molar-refractivity contribution in [2.24, 2.45) is 11.8 Å². The number of carboxylic acids is 1. The lowest BCUT2D eigenvalue weighted by molar-refractivity contribution is -0.142. The number of likely N-dealkylation sites (tertiary alicyclic amines) is 1. The molecule has 6 nitrogen and oxygen atoms in total. The highest BCUT2D eigenvalue weighted by molar-refractivity contribution is 6.30. The van der Waals surface area contributed by atoms with E-state index in [-0.39, 0.29) is 24.8 Å². The predicted octanol–water partition coefficient (Wildman–Crippen LogP) is 2.86. The number of carboxylic acid groups (broad SMARTS) is 1. The Hall–Kier alpha value is -2.34. The Kier molecular flexibility index (Phi) is 5.05. The zero-order valence-corrected chi connectivity index (χ0v) is 15.8. The molecule has 1 amide bonds. The van der Waals surface area contributed by atoms with Crippen molar-refractivity contribution in [2.45, 2.75) is 27.2 Å². The van der Waals surface area contributed by atoms with Gasteiger partial charge >= 0.3 is 5.97 Å². The molecule has 0 aliphatic carbocycles. The summed E-state index contributed by atoms with van der Waals surface area (Å²) >= 11 is 5.94. The molecule has 2 heterocycles. The minimum Gasteiger partial charge on any atom is -0.481 e. The first kappa shape index (κ1) is 18.5. The number of halogens is 1. The maximum Gasteiger partial charge on any atom is 0.308 e. The first-order valence-corrected chi connectivity index (χ1v) is 8.97. The van der Waals surface area contributed by atoms with Crippen molar-refractivity contribution in [3.05, 3.63) is 46.2 Å². The van der Waals surface area contributed by atoms with Gasteiger partial charge in [0.2, 0.25) is 5.91 Å². The average Bonchev–Trinajstić information content (AvgIpc) is 3.11. The van der Waals surface area contributed by atoms with Crippen LogP contribution in [0.4, 0.5) is 0 Å². The third kappa shape index (κ3) is 3.46. The number of rotatable bonds is 4. The number of nitrogens with zero attached hydrogens (tertiary/aromatic N) is 3. The van der Waals surface area contributed by atoms with Crippen LogP contribution in [0.25, 0.3) is 5.69 Å². The molecule has 7 heteroatoms. The molecule has 1 aromatic carbocycles. The molecule has 1 saturated heterocycles. The molecule has 2 atom stereocenters. The fourth-order valence-electron chi connectivity index (χ4n) is 3.52. The van der Waals surface area contributed by atoms with E-state index in [0.717, 1.165) is 22.6 Å². The van der Waals surface area contributed by atoms with Crippen LogP contribution >= 0.6 is 11.6 Å². The third-order valence-corrected chi connectivity index (χ3v) is 5.37. The Balaban J connectivity index is 1.79. The van der Waals surface area contributed by atoms with Crippen molar-refractivity contribution >= 4 is 23.5 Å². The van der Waals surface area contributed by atoms with Gasteiger partial charge in [-0.1, -0.05) is 18.5 Å². The smallest absolute Gasteiger partial charge is 0.308 e. The Morgan fingerprint density at radius 2 is 1.88 bits per heavy atom. The Morgan fingerprint density at radius 1 is 1.23 bits per heavy atom. The van der Waals surface area contributed by atoms with Gasteiger partial charge in [0.1, 0.15) is 0 Å². The summed E-state index contributed by atoms with van der Waals surface area (Å²) in [6.45, 7) is 6.46. The molecule has 0 unspecified atom stereocenters. The van der Waals surface area contributed by atoms with Gasteiger partial charge in [-0.2, -0.15) is 5.10 Å². The van der Waals surface area contributed by atoms with Gasteiger partial charge < -0.3 is 10.0 Å². The van der Waals surface area contributed by atoms with Crippen molar-refractivity contribution < 1.29 is 14.7 Å². The normalized spacial score (nSPS) is 19.8. The molecule has 1 aliphatic heterocycles. The summed E-state index contributed by atoms with van der Waals surface area (Å²) in [5.74, 6) is -1.41. The van der Waals surface area contributed by atoms with Gasteiger partial charge in [0.25, 0.3) is 0 Å². The zero-order valence-electron chi connectivity index (χ0n) is 15.1. The topological polar surface area (TPSA) is 75.4 Å². The van der Waals surface area contributed by atoms with E-state index >= 15 is 0 Å². The first-order chi connectivity index (χ1) is 12.3. The van der Waals surface area contributed by atoms with E-state index in [4.69, 9.17) is 11.6 Å². The highest BCUT2D eigenvalue weighted by Gasteiger charge is 2.37. The number of aliphatic carboxylic acids is 1. The lowest BCUT2D eigenvalue weighted by Crippen LogP contribution is -2.31. The predicted molar refractivity (Wildman–Crippen MR) is 98.6 cm³/mol. The lowest BCUT2D eigenvalue weighted by atomic mass is 9.99. The van der Waals surface area contributed by atoms with Crippen LogP contribution in [0, 0.1) is 25.7 Å². The molecule has 138 valence electrons. The highest BCUT2D eigenvalue weighted by Crippen LogP contribution is 2.25. The summed E-state index contributed by atoms with van der Waals surface area (Å²) in [5, 5.41) is 14.5. The second-order valence-electron chi connectivity index (χ2n) is 6.94. The number of aromatic nitrogens is 2. The minimum absolute atomic E-state index is 0.0320. The van der Waals surface area contributed by atoms with E-state index in [9.17, 15) is 14.7 Å². The van der Waals surface area contributed by atoms with Crippen LogP contribution in [0.5, 0.6) is 0 Å². The number of benzene rings is 1. The van der Waals surface area contributed by atoms with E-state index in [0.29, 0.717) is 11.6 Å². The summed E-state index contributed by atoms with van der Waals surface area (Å²) in [6, 6.07) is 7.37. The molecule has 0 bridgehead atoms. The molecule has 1 N–H and O–H groups in total. The van der Waals surface area contributed by atoms with Crippen LogP contribution in [0.2, 0.25) is 5.02 Å². The van der Waals surface area contributed by atoms with E-state index in [1.165, 1.54) is 0 Å². The second kappa shape index (κ2) is 7.11. The summed E-state index contributed by atoms with van der Waals surface area (Å²) in [7, 11) is 0. The maximum absolute atomic E-state index is 12.7. The number of amides is 1. The van der Waals surface area contributed by atoms with Crippen LogP contribution in [0.3, 0.4) is 0 Å². The third-order valence-electron chi connectivity index (χ3n) is 5.12. The number of aryl methyl sites for hydroxylation is 1. The van der Waals surface area contributed by atoms with E-state index < -0.39 is 11.9 Å². The van der Waals surface area contributed by atoms with Crippen molar-refractivity contribution in [1.82, 2.24) is 14.7 Å². The molecule has 1 aromatic heterocycles. The van der Waals surface area contributed by atoms with Gasteiger partial charge in [-0.25, -0.2) is 4.68 Å². The van der Waals surface area contributed by atoms with Crippen LogP contribution in [-0.2, 0) is 16.0 Å². The molecule has 2 aromatic rings. The van der Waals surface area contributed by atoms with Crippen molar-refractivity contribution in [2.75, 3.05) is 13.1 Å². The van der Waals surface area contributed by atoms with Crippen molar-refractivity contribution in [3.63, 3.8) is 0 Å². The van der Waals surface area contributed by atoms with Crippen LogP contribution < -0.4 is 0 Å². The molecule has 26 heavy (non-hydrogen) atoms. The highest BCUT2D eigenvalue weighted by atomic mass is 35.5. The van der Waals surface area contributed by atoms with Gasteiger partial charge in [0.15, 0.2) is 0 Å². The van der Waals surface area contributed by atoms with Crippen molar-refractivity contribution in [3.8, 4) is 5.69 Å². The Labute approximate surface area is 157 Å². The average molecular weight is 376 g/mol. The molecule has 0 spiro atoms. The summed E-state index contributed by atoms with van der Waals surface area (Å²) in [5.41, 5.74) is 3.47. The Morgan fingerprint density at radius 3 is 2.46 bits per heavy atom. The van der Waals surface area contributed by atoms with Gasteiger partial charge in [0.05, 0.1) is 23.7 Å². The molecular weight excluding hydrogens is 354 g/mol. The van der Waals surface area contributed by atoms with E-state index in [1.54, 1.807) is 21.7 Å². The maximum atomic E-state index is 12.7. The van der Waals surface area contributed by atoms with E-state index in [1.807, 2.05) is 32.9 Å². The SMILES string of the molecule is Cc1nn(-c2ccc(Cl)cc2)c(C)c1CC(=O)N1C[C@@H](C)[C@H](C(=O)O)C1. The van der Waals surface area contributed by atoms with Gasteiger partial charge in [0, 0.05) is 29.4 Å². The first-order valence-electron chi connectivity index (χ1n) is 8.59. The molecular formula is C19H22ClN3O3. The fourth-order valence-corrected chi connectivity index (χ4v) is 3.65. The monoisotopic (exact) mass is 375 g/mol. The largest absolute Gasteiger partial charge is 0.481 e. The zero-order chi connectivity index (χ0) is 19.0. The standard InChI is InChI=1S/C19H22ClN3O3/c1-11-9-22(10-17(11)19(25)26)18(24)8-16-12(2)21-23(13(16)3)15-6-4-14(20)5-7-15/h4-7,11,17H,8-10H2,1-3H3,(H,25,26)/t11-,17-/m1/s1. The van der Waals surface area contributed by atoms with Gasteiger partial charge in [-0.15, -0.1) is 0 Å². The van der Waals surface area contributed by atoms with Crippen LogP contribution in [0.15, 0.2) is 24.3 Å². The number of carbonyl (C=O) groups is 2. The van der Waals surface area contributed by atoms with Crippen LogP contribution in [0.1, 0.15) is 23.9 Å². The number of carbonyl (C=O) groups excluding carboxylic acids is 1. The summed E-state index contributed by atoms with van der Waals surface area (Å²) in [4.78, 5) is 25.6. The molecule has 0 radical (unpaired) electrons. The quantitative estimate of drug-likeness (QED) is 0.891. The summed E-state index contributed by atoms with van der Waals surface area (Å²) < 4.78 is 1.81. The van der Waals surface area contributed by atoms with Crippen LogP contribution in [-0.4, -0.2) is 44.8 Å². The summed E-state index contributed by atoms with van der Waals surface area (Å²) in [6.07, 6.45) is 0.227. The number of hydrogen-bond acceptors (Lipinski definition) is 3. The molecule has 3 rings (SSSR count). The fraction of sp³-hybridized carbons (Fsp3) is 0.421. The molecule has 1 aliphatic rings.